The fraction of sp³-hybridized carbons (Fsp3) is 0.973. The summed E-state index contributed by atoms with van der Waals surface area (Å²) in [5.41, 5.74) is 0. The van der Waals surface area contributed by atoms with Crippen molar-refractivity contribution in [3.8, 4) is 0 Å². The van der Waals surface area contributed by atoms with Crippen LogP contribution in [0, 0.1) is 0 Å². The van der Waals surface area contributed by atoms with Crippen LogP contribution in [0.15, 0.2) is 0 Å². The van der Waals surface area contributed by atoms with Crippen LogP contribution >= 0.6 is 7.82 Å². The van der Waals surface area contributed by atoms with E-state index in [1.165, 1.54) is 77.0 Å². The van der Waals surface area contributed by atoms with Gasteiger partial charge in [-0.2, -0.15) is 0 Å². The van der Waals surface area contributed by atoms with Gasteiger partial charge in [0, 0.05) is 0 Å². The van der Waals surface area contributed by atoms with Crippen molar-refractivity contribution in [3.05, 3.63) is 0 Å². The van der Waals surface area contributed by atoms with Crippen molar-refractivity contribution in [1.82, 2.24) is 5.32 Å². The minimum atomic E-state index is -5.10. The molecule has 0 heterocycles. The molecule has 1 fully saturated rings. The van der Waals surface area contributed by atoms with Gasteiger partial charge in [0.1, 0.15) is 36.6 Å². The zero-order valence-electron chi connectivity index (χ0n) is 31.5. The number of nitrogens with one attached hydrogen (secondary N) is 1. The zero-order chi connectivity index (χ0) is 38.1. The third kappa shape index (κ3) is 21.7. The highest BCUT2D eigenvalue weighted by Crippen LogP contribution is 2.47. The second kappa shape index (κ2) is 28.7. The van der Waals surface area contributed by atoms with E-state index in [4.69, 9.17) is 9.05 Å². The molecule has 1 aliphatic carbocycles. The monoisotopic (exact) mass is 755 g/mol. The summed E-state index contributed by atoms with van der Waals surface area (Å²) in [6.45, 7) is 3.72. The number of unbranched alkanes of at least 4 members (excludes halogenated alkanes) is 19. The maximum atomic E-state index is 12.9. The van der Waals surface area contributed by atoms with Crippen molar-refractivity contribution in [1.29, 1.82) is 0 Å². The highest BCUT2D eigenvalue weighted by atomic mass is 31.2. The van der Waals surface area contributed by atoms with Gasteiger partial charge in [-0.25, -0.2) is 4.57 Å². The molecule has 0 aromatic heterocycles. The van der Waals surface area contributed by atoms with Crippen LogP contribution in [-0.2, 0) is 18.4 Å². The van der Waals surface area contributed by atoms with Gasteiger partial charge >= 0.3 is 7.82 Å². The molecule has 304 valence electrons. The van der Waals surface area contributed by atoms with E-state index in [0.717, 1.165) is 51.4 Å². The van der Waals surface area contributed by atoms with Crippen LogP contribution in [0.2, 0.25) is 0 Å². The fourth-order valence-corrected chi connectivity index (χ4v) is 7.56. The number of phosphoric acid groups is 1. The maximum Gasteiger partial charge on any atom is 0.472 e. The number of phosphoric ester groups is 1. The first-order chi connectivity index (χ1) is 24.3. The number of hydrogen-bond donors (Lipinski definition) is 9. The van der Waals surface area contributed by atoms with E-state index in [1.54, 1.807) is 0 Å². The van der Waals surface area contributed by atoms with Crippen molar-refractivity contribution < 1.29 is 59.0 Å². The van der Waals surface area contributed by atoms with Crippen molar-refractivity contribution in [2.75, 3.05) is 6.61 Å². The molecule has 9 N–H and O–H groups in total. The molecule has 8 unspecified atom stereocenters. The minimum Gasteiger partial charge on any atom is -0.393 e. The molecular formula is C37H74NO12P. The Hall–Kier alpha value is -0.700. The van der Waals surface area contributed by atoms with Gasteiger partial charge in [-0.3, -0.25) is 13.8 Å². The third-order valence-electron chi connectivity index (χ3n) is 9.97. The molecule has 0 saturated heterocycles. The Balaban J connectivity index is 2.62. The van der Waals surface area contributed by atoms with Gasteiger partial charge < -0.3 is 46.0 Å². The molecule has 0 radical (unpaired) electrons. The number of aliphatic hydroxyl groups excluding tert-OH is 7. The van der Waals surface area contributed by atoms with Crippen molar-refractivity contribution >= 4 is 13.7 Å². The number of aliphatic hydroxyl groups is 7. The molecule has 1 saturated carbocycles. The Kier molecular flexibility index (Phi) is 27.2. The first-order valence-corrected chi connectivity index (χ1v) is 21.6. The van der Waals surface area contributed by atoms with Crippen LogP contribution in [0.3, 0.4) is 0 Å². The highest BCUT2D eigenvalue weighted by Gasteiger charge is 2.51. The molecule has 0 aromatic carbocycles. The Morgan fingerprint density at radius 3 is 1.41 bits per heavy atom. The molecular weight excluding hydrogens is 681 g/mol. The van der Waals surface area contributed by atoms with Gasteiger partial charge in [-0.15, -0.1) is 0 Å². The topological polar surface area (TPSA) is 226 Å². The normalized spacial score (nSPS) is 25.3. The summed E-state index contributed by atoms with van der Waals surface area (Å²) < 4.78 is 22.8. The summed E-state index contributed by atoms with van der Waals surface area (Å²) >= 11 is 0. The molecule has 0 spiro atoms. The van der Waals surface area contributed by atoms with Gasteiger partial charge in [0.2, 0.25) is 5.91 Å². The minimum absolute atomic E-state index is 0.218. The Morgan fingerprint density at radius 2 is 0.980 bits per heavy atom. The largest absolute Gasteiger partial charge is 0.472 e. The second-order valence-corrected chi connectivity index (χ2v) is 16.1. The first-order valence-electron chi connectivity index (χ1n) is 20.1. The second-order valence-electron chi connectivity index (χ2n) is 14.7. The molecule has 1 aliphatic rings. The smallest absolute Gasteiger partial charge is 0.393 e. The Labute approximate surface area is 307 Å². The highest BCUT2D eigenvalue weighted by molar-refractivity contribution is 7.47. The Bertz CT molecular complexity index is 901. The van der Waals surface area contributed by atoms with Crippen molar-refractivity contribution in [2.24, 2.45) is 0 Å². The van der Waals surface area contributed by atoms with Gasteiger partial charge in [0.25, 0.3) is 0 Å². The SMILES string of the molecule is CCCCCCCCCCCCCCCC(O)C(COP(=O)(O)OC1C(O)C(O)C(O)C(O)C1O)NC(=O)CC(O)CCCCCCCCCC. The molecule has 14 heteroatoms. The van der Waals surface area contributed by atoms with E-state index >= 15 is 0 Å². The van der Waals surface area contributed by atoms with Crippen molar-refractivity contribution in [3.63, 3.8) is 0 Å². The molecule has 1 amide bonds. The predicted octanol–water partition coefficient (Wildman–Crippen LogP) is 4.92. The molecule has 13 nitrogen and oxygen atoms in total. The van der Waals surface area contributed by atoms with Crippen LogP contribution in [0.1, 0.15) is 168 Å². The van der Waals surface area contributed by atoms with Gasteiger partial charge in [0.15, 0.2) is 0 Å². The average Bonchev–Trinajstić information content (AvgIpc) is 3.09. The maximum absolute atomic E-state index is 12.9. The van der Waals surface area contributed by atoms with Crippen LogP contribution in [0.5, 0.6) is 0 Å². The summed E-state index contributed by atoms with van der Waals surface area (Å²) in [7, 11) is -5.10. The van der Waals surface area contributed by atoms with E-state index in [9.17, 15) is 50.0 Å². The molecule has 0 bridgehead atoms. The fourth-order valence-electron chi connectivity index (χ4n) is 6.60. The first kappa shape index (κ1) is 48.3. The van der Waals surface area contributed by atoms with Gasteiger partial charge in [-0.1, -0.05) is 149 Å². The number of carbonyl (C=O) groups is 1. The number of rotatable bonds is 32. The van der Waals surface area contributed by atoms with E-state index in [0.29, 0.717) is 12.8 Å². The van der Waals surface area contributed by atoms with Crippen LogP contribution in [0.25, 0.3) is 0 Å². The van der Waals surface area contributed by atoms with Crippen LogP contribution in [-0.4, -0.2) is 108 Å². The van der Waals surface area contributed by atoms with Crippen LogP contribution in [0.4, 0.5) is 0 Å². The zero-order valence-corrected chi connectivity index (χ0v) is 32.4. The quantitative estimate of drug-likeness (QED) is 0.0330. The lowest BCUT2D eigenvalue weighted by molar-refractivity contribution is -0.220. The van der Waals surface area contributed by atoms with E-state index in [-0.39, 0.29) is 12.8 Å². The third-order valence-corrected chi connectivity index (χ3v) is 11.0. The average molecular weight is 756 g/mol. The summed E-state index contributed by atoms with van der Waals surface area (Å²) in [5.74, 6) is -0.563. The molecule has 51 heavy (non-hydrogen) atoms. The van der Waals surface area contributed by atoms with E-state index in [2.05, 4.69) is 19.2 Å². The lowest BCUT2D eigenvalue weighted by atomic mass is 9.85. The predicted molar refractivity (Wildman–Crippen MR) is 197 cm³/mol. The molecule has 0 aliphatic heterocycles. The van der Waals surface area contributed by atoms with Crippen molar-refractivity contribution in [2.45, 2.75) is 223 Å². The summed E-state index contributed by atoms with van der Waals surface area (Å²) in [5, 5.41) is 74.1. The van der Waals surface area contributed by atoms with Crippen LogP contribution < -0.4 is 5.32 Å². The summed E-state index contributed by atoms with van der Waals surface area (Å²) in [6.07, 6.45) is 10.4. The number of hydrogen-bond acceptors (Lipinski definition) is 11. The van der Waals surface area contributed by atoms with Gasteiger partial charge in [-0.05, 0) is 12.8 Å². The van der Waals surface area contributed by atoms with Gasteiger partial charge in [0.05, 0.1) is 31.3 Å². The Morgan fingerprint density at radius 1 is 0.608 bits per heavy atom. The summed E-state index contributed by atoms with van der Waals surface area (Å²) in [4.78, 5) is 23.3. The summed E-state index contributed by atoms with van der Waals surface area (Å²) in [6, 6.07) is -1.14. The number of carbonyl (C=O) groups excluding carboxylic acids is 1. The lowest BCUT2D eigenvalue weighted by Crippen LogP contribution is -2.64. The van der Waals surface area contributed by atoms with E-state index < -0.39 is 75.2 Å². The molecule has 1 rings (SSSR count). The standard InChI is InChI=1S/C37H74NO12P/c1-3-5-7-9-11-13-14-15-16-17-19-21-23-25-30(40)29(38-31(41)26-28(39)24-22-20-18-12-10-8-6-4-2)27-49-51(47,48)50-37-35(45)33(43)32(42)34(44)36(37)46/h28-30,32-37,39-40,42-46H,3-27H2,1-2H3,(H,38,41)(H,47,48). The van der Waals surface area contributed by atoms with E-state index in [1.807, 2.05) is 0 Å². The molecule has 8 atom stereocenters. The molecule has 0 aromatic rings. The number of amides is 1. The lowest BCUT2D eigenvalue weighted by Gasteiger charge is -2.41.